The Bertz CT molecular complexity index is 811. The molecule has 0 atom stereocenters. The second-order valence-corrected chi connectivity index (χ2v) is 5.45. The number of halogens is 2. The van der Waals surface area contributed by atoms with Gasteiger partial charge >= 0.3 is 0 Å². The van der Waals surface area contributed by atoms with Gasteiger partial charge in [-0.25, -0.2) is 8.78 Å². The van der Waals surface area contributed by atoms with Crippen LogP contribution in [-0.2, 0) is 0 Å². The van der Waals surface area contributed by atoms with Gasteiger partial charge in [0.15, 0.2) is 5.76 Å². The Balaban J connectivity index is 1.76. The number of ketones is 1. The molecule has 1 aromatic heterocycles. The second kappa shape index (κ2) is 5.69. The summed E-state index contributed by atoms with van der Waals surface area (Å²) in [7, 11) is 0. The highest BCUT2D eigenvalue weighted by Gasteiger charge is 2.14. The van der Waals surface area contributed by atoms with Gasteiger partial charge in [0.25, 0.3) is 0 Å². The molecule has 3 rings (SSSR count). The molecule has 0 amide bonds. The lowest BCUT2D eigenvalue weighted by Crippen LogP contribution is -2.00. The van der Waals surface area contributed by atoms with Crippen LogP contribution in [0.5, 0.6) is 0 Å². The van der Waals surface area contributed by atoms with Gasteiger partial charge < -0.3 is 4.42 Å². The fourth-order valence-corrected chi connectivity index (χ4v) is 2.74. The van der Waals surface area contributed by atoms with Crippen LogP contribution in [0.3, 0.4) is 0 Å². The molecule has 2 nitrogen and oxygen atoms in total. The molecule has 3 aromatic rings. The summed E-state index contributed by atoms with van der Waals surface area (Å²) in [6.07, 6.45) is 0. The number of thioether (sulfide) groups is 1. The minimum Gasteiger partial charge on any atom is -0.453 e. The topological polar surface area (TPSA) is 30.2 Å². The highest BCUT2D eigenvalue weighted by atomic mass is 32.2. The minimum absolute atomic E-state index is 0.0588. The third-order valence-corrected chi connectivity index (χ3v) is 4.00. The van der Waals surface area contributed by atoms with Gasteiger partial charge in [0, 0.05) is 10.3 Å². The number of rotatable bonds is 4. The van der Waals surface area contributed by atoms with Gasteiger partial charge in [0.2, 0.25) is 5.78 Å². The van der Waals surface area contributed by atoms with Gasteiger partial charge in [-0.1, -0.05) is 12.1 Å². The fourth-order valence-electron chi connectivity index (χ4n) is 1.93. The summed E-state index contributed by atoms with van der Waals surface area (Å²) < 4.78 is 31.9. The number of hydrogen-bond acceptors (Lipinski definition) is 3. The maximum atomic E-state index is 13.5. The Morgan fingerprint density at radius 2 is 1.90 bits per heavy atom. The molecule has 1 heterocycles. The van der Waals surface area contributed by atoms with Crippen LogP contribution < -0.4 is 0 Å². The lowest BCUT2D eigenvalue weighted by molar-refractivity contribution is 0.0994. The summed E-state index contributed by atoms with van der Waals surface area (Å²) in [5, 5.41) is 0.536. The molecule has 5 heteroatoms. The van der Waals surface area contributed by atoms with Crippen molar-refractivity contribution in [2.24, 2.45) is 0 Å². The summed E-state index contributed by atoms with van der Waals surface area (Å²) in [5.74, 6) is -0.798. The molecule has 0 bridgehead atoms. The summed E-state index contributed by atoms with van der Waals surface area (Å²) in [6, 6.07) is 11.8. The average Bonchev–Trinajstić information content (AvgIpc) is 2.89. The molecule has 106 valence electrons. The van der Waals surface area contributed by atoms with E-state index < -0.39 is 0 Å². The normalized spacial score (nSPS) is 11.0. The Morgan fingerprint density at radius 3 is 2.71 bits per heavy atom. The van der Waals surface area contributed by atoms with E-state index in [0.29, 0.717) is 15.9 Å². The zero-order valence-electron chi connectivity index (χ0n) is 10.8. The zero-order valence-corrected chi connectivity index (χ0v) is 11.6. The minimum atomic E-state index is -0.386. The van der Waals surface area contributed by atoms with Gasteiger partial charge in [-0.3, -0.25) is 4.79 Å². The van der Waals surface area contributed by atoms with Crippen LogP contribution in [0.1, 0.15) is 10.6 Å². The molecule has 0 radical (unpaired) electrons. The smallest absolute Gasteiger partial charge is 0.208 e. The number of hydrogen-bond donors (Lipinski definition) is 0. The Kier molecular flexibility index (Phi) is 3.75. The highest BCUT2D eigenvalue weighted by Crippen LogP contribution is 2.25. The van der Waals surface area contributed by atoms with Gasteiger partial charge in [-0.15, -0.1) is 11.8 Å². The second-order valence-electron chi connectivity index (χ2n) is 4.44. The predicted octanol–water partition coefficient (Wildman–Crippen LogP) is 4.69. The first kappa shape index (κ1) is 13.8. The molecule has 0 aliphatic carbocycles. The molecule has 0 aliphatic heterocycles. The van der Waals surface area contributed by atoms with E-state index in [1.165, 1.54) is 30.3 Å². The third-order valence-electron chi connectivity index (χ3n) is 2.95. The van der Waals surface area contributed by atoms with Crippen molar-refractivity contribution >= 4 is 28.5 Å². The van der Waals surface area contributed by atoms with Crippen LogP contribution in [0.15, 0.2) is 57.8 Å². The van der Waals surface area contributed by atoms with E-state index in [1.54, 1.807) is 18.2 Å². The average molecular weight is 304 g/mol. The SMILES string of the molecule is O=C(CSc1ccccc1F)c1cc2cc(F)ccc2o1. The Labute approximate surface area is 123 Å². The van der Waals surface area contributed by atoms with Crippen molar-refractivity contribution in [1.29, 1.82) is 0 Å². The lowest BCUT2D eigenvalue weighted by Gasteiger charge is -2.00. The molecular weight excluding hydrogens is 294 g/mol. The molecule has 0 fully saturated rings. The quantitative estimate of drug-likeness (QED) is 0.517. The number of carbonyl (C=O) groups excluding carboxylic acids is 1. The predicted molar refractivity (Wildman–Crippen MR) is 77.6 cm³/mol. The van der Waals surface area contributed by atoms with E-state index in [2.05, 4.69) is 0 Å². The molecule has 0 N–H and O–H groups in total. The number of furan rings is 1. The third kappa shape index (κ3) is 2.97. The van der Waals surface area contributed by atoms with Crippen LogP contribution >= 0.6 is 11.8 Å². The summed E-state index contributed by atoms with van der Waals surface area (Å²) in [6.45, 7) is 0. The van der Waals surface area contributed by atoms with E-state index in [-0.39, 0.29) is 28.9 Å². The molecule has 2 aromatic carbocycles. The molecule has 21 heavy (non-hydrogen) atoms. The maximum Gasteiger partial charge on any atom is 0.208 e. The van der Waals surface area contributed by atoms with Crippen LogP contribution in [-0.4, -0.2) is 11.5 Å². The first-order valence-electron chi connectivity index (χ1n) is 6.23. The van der Waals surface area contributed by atoms with E-state index in [9.17, 15) is 13.6 Å². The highest BCUT2D eigenvalue weighted by molar-refractivity contribution is 8.00. The van der Waals surface area contributed by atoms with Crippen molar-refractivity contribution < 1.29 is 18.0 Å². The van der Waals surface area contributed by atoms with E-state index in [1.807, 2.05) is 0 Å². The van der Waals surface area contributed by atoms with Crippen LogP contribution in [0.4, 0.5) is 8.78 Å². The van der Waals surface area contributed by atoms with E-state index >= 15 is 0 Å². The molecule has 0 aliphatic rings. The van der Waals surface area contributed by atoms with Crippen molar-refractivity contribution in [1.82, 2.24) is 0 Å². The number of benzene rings is 2. The molecule has 0 spiro atoms. The van der Waals surface area contributed by atoms with Crippen molar-refractivity contribution in [2.45, 2.75) is 4.90 Å². The van der Waals surface area contributed by atoms with Crippen molar-refractivity contribution in [2.75, 3.05) is 5.75 Å². The Morgan fingerprint density at radius 1 is 1.10 bits per heavy atom. The van der Waals surface area contributed by atoms with Crippen LogP contribution in [0.2, 0.25) is 0 Å². The molecule has 0 saturated carbocycles. The molecular formula is C16H10F2O2S. The van der Waals surface area contributed by atoms with Gasteiger partial charge in [0.05, 0.1) is 5.75 Å². The van der Waals surface area contributed by atoms with Gasteiger partial charge in [-0.2, -0.15) is 0 Å². The van der Waals surface area contributed by atoms with Gasteiger partial charge in [0.1, 0.15) is 17.2 Å². The summed E-state index contributed by atoms with van der Waals surface area (Å²) in [4.78, 5) is 12.5. The summed E-state index contributed by atoms with van der Waals surface area (Å²) in [5.41, 5.74) is 0.454. The van der Waals surface area contributed by atoms with Crippen LogP contribution in [0.25, 0.3) is 11.0 Å². The maximum absolute atomic E-state index is 13.5. The zero-order chi connectivity index (χ0) is 14.8. The first-order chi connectivity index (χ1) is 10.1. The van der Waals surface area contributed by atoms with Gasteiger partial charge in [-0.05, 0) is 36.4 Å². The Hall–Kier alpha value is -2.14. The molecule has 0 saturated heterocycles. The number of carbonyl (C=O) groups is 1. The fraction of sp³-hybridized carbons (Fsp3) is 0.0625. The van der Waals surface area contributed by atoms with Crippen molar-refractivity contribution in [3.05, 3.63) is 65.9 Å². The van der Waals surface area contributed by atoms with E-state index in [4.69, 9.17) is 4.42 Å². The number of Topliss-reactive ketones (excluding diaryl/α,β-unsaturated/α-hetero) is 1. The largest absolute Gasteiger partial charge is 0.453 e. The number of fused-ring (bicyclic) bond motifs is 1. The lowest BCUT2D eigenvalue weighted by atomic mass is 10.2. The molecule has 0 unspecified atom stereocenters. The van der Waals surface area contributed by atoms with Crippen molar-refractivity contribution in [3.63, 3.8) is 0 Å². The van der Waals surface area contributed by atoms with Crippen LogP contribution in [0, 0.1) is 11.6 Å². The first-order valence-corrected chi connectivity index (χ1v) is 7.22. The monoisotopic (exact) mass is 304 g/mol. The summed E-state index contributed by atoms with van der Waals surface area (Å²) >= 11 is 1.10. The standard InChI is InChI=1S/C16H10F2O2S/c17-11-5-6-14-10(7-11)8-15(20-14)13(19)9-21-16-4-2-1-3-12(16)18/h1-8H,9H2. The van der Waals surface area contributed by atoms with E-state index in [0.717, 1.165) is 11.8 Å². The van der Waals surface area contributed by atoms with Crippen molar-refractivity contribution in [3.8, 4) is 0 Å².